The second-order valence-corrected chi connectivity index (χ2v) is 14.1. The van der Waals surface area contributed by atoms with Crippen LogP contribution in [0, 0.1) is 0 Å². The van der Waals surface area contributed by atoms with E-state index in [4.69, 9.17) is 49.1 Å². The molecule has 1 aromatic heterocycles. The molecule has 0 unspecified atom stereocenters. The predicted molar refractivity (Wildman–Crippen MR) is 182 cm³/mol. The molecule has 4 aliphatic rings. The Bertz CT molecular complexity index is 1820. The number of alkyl halides is 3. The highest BCUT2D eigenvalue weighted by Crippen LogP contribution is 2.46. The van der Waals surface area contributed by atoms with E-state index in [2.05, 4.69) is 9.98 Å². The van der Waals surface area contributed by atoms with Crippen molar-refractivity contribution in [3.63, 3.8) is 0 Å². The van der Waals surface area contributed by atoms with Gasteiger partial charge in [0.25, 0.3) is 12.0 Å². The van der Waals surface area contributed by atoms with E-state index in [1.165, 1.54) is 11.0 Å². The molecule has 1 amide bonds. The molecule has 1 aromatic carbocycles. The number of likely N-dealkylation sites (N-methyl/N-ethyl adjacent to an activating group) is 1. The van der Waals surface area contributed by atoms with Crippen LogP contribution in [0.25, 0.3) is 0 Å². The summed E-state index contributed by atoms with van der Waals surface area (Å²) in [7, 11) is 3.08. The van der Waals surface area contributed by atoms with Gasteiger partial charge in [-0.1, -0.05) is 23.2 Å². The number of anilines is 2. The van der Waals surface area contributed by atoms with Crippen LogP contribution >= 0.6 is 23.2 Å². The Morgan fingerprint density at radius 3 is 2.65 bits per heavy atom. The van der Waals surface area contributed by atoms with Gasteiger partial charge in [0, 0.05) is 57.0 Å². The molecular weight excluding hydrogens is 722 g/mol. The van der Waals surface area contributed by atoms with Gasteiger partial charge >= 0.3 is 12.2 Å². The highest BCUT2D eigenvalue weighted by Gasteiger charge is 2.48. The van der Waals surface area contributed by atoms with Crippen molar-refractivity contribution in [3.8, 4) is 6.01 Å². The number of aromatic nitrogens is 2. The Morgan fingerprint density at radius 2 is 1.94 bits per heavy atom. The second-order valence-electron chi connectivity index (χ2n) is 13.3. The van der Waals surface area contributed by atoms with Crippen LogP contribution in [0.1, 0.15) is 54.2 Å². The lowest BCUT2D eigenvalue weighted by Gasteiger charge is -2.33. The smallest absolute Gasteiger partial charge is 0.418 e. The summed E-state index contributed by atoms with van der Waals surface area (Å²) in [6, 6.07) is 2.16. The van der Waals surface area contributed by atoms with Crippen LogP contribution in [0.3, 0.4) is 0 Å². The summed E-state index contributed by atoms with van der Waals surface area (Å²) in [6.07, 6.45) is -5.57. The summed E-state index contributed by atoms with van der Waals surface area (Å²) in [6.45, 7) is 1.52. The Labute approximate surface area is 301 Å². The summed E-state index contributed by atoms with van der Waals surface area (Å²) in [5.74, 6) is -0.125. The molecule has 18 heteroatoms. The Balaban J connectivity index is 1.39. The van der Waals surface area contributed by atoms with Gasteiger partial charge in [-0.3, -0.25) is 14.7 Å². The molecule has 2 aromatic rings. The van der Waals surface area contributed by atoms with E-state index in [9.17, 15) is 26.7 Å². The zero-order valence-electron chi connectivity index (χ0n) is 27.9. The zero-order chi connectivity index (χ0) is 36.8. The fraction of sp³-hybridized carbons (Fsp3) is 0.515. The summed E-state index contributed by atoms with van der Waals surface area (Å²) in [5, 5.41) is -0.567. The number of fused-ring (bicyclic) bond motifs is 2. The number of hydrogen-bond donors (Lipinski definition) is 2. The van der Waals surface area contributed by atoms with Crippen molar-refractivity contribution in [3.05, 3.63) is 61.9 Å². The Morgan fingerprint density at radius 1 is 1.18 bits per heavy atom. The van der Waals surface area contributed by atoms with Crippen LogP contribution in [-0.4, -0.2) is 90.4 Å². The minimum Gasteiger partial charge on any atom is -0.461 e. The molecule has 4 aliphatic heterocycles. The molecule has 11 nitrogen and oxygen atoms in total. The monoisotopic (exact) mass is 758 g/mol. The van der Waals surface area contributed by atoms with Crippen molar-refractivity contribution in [2.75, 3.05) is 64.1 Å². The first-order valence-corrected chi connectivity index (χ1v) is 17.1. The minimum atomic E-state index is -4.79. The largest absolute Gasteiger partial charge is 0.461 e. The first kappa shape index (κ1) is 37.0. The third-order valence-corrected chi connectivity index (χ3v) is 10.4. The van der Waals surface area contributed by atoms with Crippen molar-refractivity contribution in [1.29, 1.82) is 0 Å². The summed E-state index contributed by atoms with van der Waals surface area (Å²) < 4.78 is 82.3. The number of nitrogens with two attached hydrogens (primary N) is 2. The molecule has 5 heterocycles. The van der Waals surface area contributed by atoms with E-state index in [-0.39, 0.29) is 72.7 Å². The van der Waals surface area contributed by atoms with Crippen molar-refractivity contribution < 1.29 is 36.2 Å². The third-order valence-electron chi connectivity index (χ3n) is 9.69. The maximum absolute atomic E-state index is 14.2. The van der Waals surface area contributed by atoms with Crippen molar-refractivity contribution in [2.24, 2.45) is 10.7 Å². The molecule has 51 heavy (non-hydrogen) atoms. The maximum Gasteiger partial charge on any atom is 0.418 e. The predicted octanol–water partition coefficient (Wildman–Crippen LogP) is 5.46. The van der Waals surface area contributed by atoms with E-state index < -0.39 is 40.4 Å². The molecule has 2 fully saturated rings. The zero-order valence-corrected chi connectivity index (χ0v) is 29.4. The molecule has 276 valence electrons. The number of nitrogen functional groups attached to an aromatic ring is 1. The van der Waals surface area contributed by atoms with E-state index in [1.54, 1.807) is 14.1 Å². The number of carbonyl (C=O) groups is 1. The molecular formula is C33H37Cl2F5N8O3. The molecule has 0 saturated carbocycles. The van der Waals surface area contributed by atoms with Gasteiger partial charge in [0.05, 0.1) is 51.8 Å². The quantitative estimate of drug-likeness (QED) is 0.215. The van der Waals surface area contributed by atoms with E-state index >= 15 is 0 Å². The van der Waals surface area contributed by atoms with Gasteiger partial charge < -0.3 is 30.7 Å². The van der Waals surface area contributed by atoms with Crippen LogP contribution in [0.15, 0.2) is 39.5 Å². The number of carbonyl (C=O) groups excluding carboxylic acids is 1. The normalized spacial score (nSPS) is 22.9. The first-order chi connectivity index (χ1) is 24.1. The van der Waals surface area contributed by atoms with Crippen LogP contribution in [0.4, 0.5) is 33.5 Å². The van der Waals surface area contributed by atoms with Crippen LogP contribution in [-0.2, 0) is 28.7 Å². The molecule has 0 radical (unpaired) electrons. The average Bonchev–Trinajstić information content (AvgIpc) is 3.52. The number of ether oxygens (including phenoxy) is 2. The highest BCUT2D eigenvalue weighted by molar-refractivity contribution is 6.45. The lowest BCUT2D eigenvalue weighted by Crippen LogP contribution is -2.43. The molecule has 6 rings (SSSR count). The first-order valence-electron chi connectivity index (χ1n) is 16.3. The number of nitrogens with zero attached hydrogens (tertiary/aromatic N) is 6. The van der Waals surface area contributed by atoms with Crippen molar-refractivity contribution >= 4 is 46.3 Å². The number of benzene rings is 1. The van der Waals surface area contributed by atoms with Gasteiger partial charge in [-0.2, -0.15) is 31.9 Å². The van der Waals surface area contributed by atoms with Gasteiger partial charge in [0.15, 0.2) is 0 Å². The lowest BCUT2D eigenvalue weighted by molar-refractivity contribution is -0.139. The Hall–Kier alpha value is -3.73. The second kappa shape index (κ2) is 14.4. The van der Waals surface area contributed by atoms with E-state index in [0.717, 1.165) is 12.5 Å². The fourth-order valence-corrected chi connectivity index (χ4v) is 7.76. The number of hydrogen-bond acceptors (Lipinski definition) is 10. The highest BCUT2D eigenvalue weighted by atomic mass is 35.5. The SMILES string of the molecule is CN(C)C(=O)C(N)=C(Cl)C1=NCCCN(c2nc(OC[C@@]34CCCN3CC(=C(F)F)C4)nc3c2CO[C@H](c2cc(N)cc(Cl)c2C(F)(F)F)C3)C1. The van der Waals surface area contributed by atoms with E-state index in [1.807, 2.05) is 9.80 Å². The molecule has 4 N–H and O–H groups in total. The van der Waals surface area contributed by atoms with Crippen LogP contribution in [0.5, 0.6) is 6.01 Å². The number of rotatable bonds is 7. The number of aliphatic imine (C=N–C) groups is 1. The van der Waals surface area contributed by atoms with Gasteiger partial charge in [0.1, 0.15) is 18.1 Å². The summed E-state index contributed by atoms with van der Waals surface area (Å²) >= 11 is 12.7. The van der Waals surface area contributed by atoms with Gasteiger partial charge in [-0.15, -0.1) is 0 Å². The summed E-state index contributed by atoms with van der Waals surface area (Å²) in [5.41, 5.74) is 11.2. The summed E-state index contributed by atoms with van der Waals surface area (Å²) in [4.78, 5) is 31.7. The topological polar surface area (TPSA) is 135 Å². The number of halogens is 7. The van der Waals surface area contributed by atoms with Crippen molar-refractivity contribution in [2.45, 2.75) is 56.5 Å². The lowest BCUT2D eigenvalue weighted by atomic mass is 9.93. The molecule has 0 spiro atoms. The van der Waals surface area contributed by atoms with Crippen molar-refractivity contribution in [1.82, 2.24) is 19.8 Å². The molecule has 2 atom stereocenters. The fourth-order valence-electron chi connectivity index (χ4n) is 7.22. The molecule has 2 saturated heterocycles. The number of amides is 1. The van der Waals surface area contributed by atoms with Gasteiger partial charge in [-0.05, 0) is 49.9 Å². The minimum absolute atomic E-state index is 0.0138. The molecule has 0 bridgehead atoms. The van der Waals surface area contributed by atoms with Crippen LogP contribution in [0.2, 0.25) is 5.02 Å². The molecule has 0 aliphatic carbocycles. The average molecular weight is 760 g/mol. The van der Waals surface area contributed by atoms with Crippen LogP contribution < -0.4 is 21.1 Å². The third kappa shape index (κ3) is 7.46. The Kier molecular flexibility index (Phi) is 10.4. The van der Waals surface area contributed by atoms with Gasteiger partial charge in [-0.25, -0.2) is 0 Å². The standard InChI is InChI=1S/C33H37Cl2F5N8O3/c1-46(2)30(49)27(42)26(35)23-14-47(7-4-6-43-23)29-20-15-50-24(19-9-18(41)10-21(34)25(19)33(38,39)40)11-22(20)44-31(45-29)51-16-32-5-3-8-48(32)13-17(12-32)28(36)37/h9-10,24H,3-8,11-16,41-42H2,1-2H3/t24-,32-/m0/s1. The van der Waals surface area contributed by atoms with Gasteiger partial charge in [0.2, 0.25) is 0 Å². The van der Waals surface area contributed by atoms with E-state index in [0.29, 0.717) is 55.3 Å². The maximum atomic E-state index is 14.2.